The topological polar surface area (TPSA) is 12.5 Å². The van der Waals surface area contributed by atoms with Gasteiger partial charge >= 0.3 is 0 Å². The van der Waals surface area contributed by atoms with Gasteiger partial charge in [-0.1, -0.05) is 60.7 Å². The Labute approximate surface area is 120 Å². The molecule has 4 rings (SSSR count). The zero-order valence-electron chi connectivity index (χ0n) is 11.6. The van der Waals surface area contributed by atoms with Gasteiger partial charge in [-0.25, -0.2) is 0 Å². The normalized spacial score (nSPS) is 24.7. The van der Waals surface area contributed by atoms with Crippen molar-refractivity contribution < 1.29 is 4.65 Å². The second-order valence-corrected chi connectivity index (χ2v) is 5.93. The fourth-order valence-corrected chi connectivity index (χ4v) is 4.06. The summed E-state index contributed by atoms with van der Waals surface area (Å²) >= 11 is 0. The summed E-state index contributed by atoms with van der Waals surface area (Å²) in [6.07, 6.45) is 2.56. The molecule has 102 valence electrons. The van der Waals surface area contributed by atoms with Crippen LogP contribution in [0.2, 0.25) is 0 Å². The smallest absolute Gasteiger partial charge is 0.241 e. The largest absolute Gasteiger partial charge is 0.569 e. The quantitative estimate of drug-likeness (QED) is 0.766. The molecule has 2 heterocycles. The summed E-state index contributed by atoms with van der Waals surface area (Å²) in [5.74, 6) is 0. The van der Waals surface area contributed by atoms with Crippen molar-refractivity contribution in [3.8, 4) is 0 Å². The molecule has 3 heteroatoms. The second-order valence-electron chi connectivity index (χ2n) is 5.93. The Bertz CT molecular complexity index is 547. The van der Waals surface area contributed by atoms with E-state index in [1.165, 1.54) is 23.8 Å². The lowest BCUT2D eigenvalue weighted by atomic mass is 9.41. The van der Waals surface area contributed by atoms with Crippen molar-refractivity contribution in [3.05, 3.63) is 60.7 Å². The van der Waals surface area contributed by atoms with E-state index < -0.39 is 6.48 Å². The Morgan fingerprint density at radius 2 is 1.50 bits per heavy atom. The van der Waals surface area contributed by atoms with Crippen molar-refractivity contribution >= 4 is 17.4 Å². The maximum Gasteiger partial charge on any atom is 0.241 e. The van der Waals surface area contributed by atoms with Gasteiger partial charge in [-0.2, -0.15) is 10.9 Å². The lowest BCUT2D eigenvalue weighted by Gasteiger charge is -2.45. The highest BCUT2D eigenvalue weighted by Gasteiger charge is 2.45. The highest BCUT2D eigenvalue weighted by molar-refractivity contribution is 6.95. The standard InChI is InChI=1S/C17H19BNO/c1-3-8-15(9-4-1)18(16-10-5-2-6-11-16)19-13-7-12-17(19)14-20-18/h1-6,8-11,17H,7,12-14H2/q-1/t17-/m1/s1. The van der Waals surface area contributed by atoms with Gasteiger partial charge in [-0.3, -0.25) is 0 Å². The SMILES string of the molecule is c1ccc([B-]2(c3ccccc3)OC[C@H]3CCCN32)cc1. The number of benzene rings is 2. The highest BCUT2D eigenvalue weighted by Crippen LogP contribution is 2.31. The van der Waals surface area contributed by atoms with Gasteiger partial charge < -0.3 is 9.47 Å². The summed E-state index contributed by atoms with van der Waals surface area (Å²) in [6, 6.07) is 22.1. The summed E-state index contributed by atoms with van der Waals surface area (Å²) in [6.45, 7) is 0.819. The van der Waals surface area contributed by atoms with Crippen molar-refractivity contribution in [2.45, 2.75) is 18.9 Å². The van der Waals surface area contributed by atoms with E-state index in [4.69, 9.17) is 4.65 Å². The van der Waals surface area contributed by atoms with Crippen LogP contribution < -0.4 is 10.9 Å². The van der Waals surface area contributed by atoms with E-state index in [2.05, 4.69) is 65.5 Å². The number of hydrogen-bond donors (Lipinski definition) is 0. The molecule has 0 radical (unpaired) electrons. The van der Waals surface area contributed by atoms with Crippen LogP contribution in [0.3, 0.4) is 0 Å². The first-order valence-electron chi connectivity index (χ1n) is 7.57. The number of fused-ring (bicyclic) bond motifs is 1. The maximum absolute atomic E-state index is 6.47. The van der Waals surface area contributed by atoms with Crippen molar-refractivity contribution in [2.75, 3.05) is 13.2 Å². The minimum absolute atomic E-state index is 0.593. The molecular weight excluding hydrogens is 245 g/mol. The maximum atomic E-state index is 6.47. The first-order chi connectivity index (χ1) is 9.91. The zero-order chi connectivity index (χ0) is 13.4. The molecule has 2 aromatic carbocycles. The Morgan fingerprint density at radius 3 is 2.10 bits per heavy atom. The van der Waals surface area contributed by atoms with Gasteiger partial charge in [0.2, 0.25) is 6.48 Å². The van der Waals surface area contributed by atoms with Crippen LogP contribution >= 0.6 is 0 Å². The molecule has 0 unspecified atom stereocenters. The molecule has 0 spiro atoms. The van der Waals surface area contributed by atoms with Crippen LogP contribution in [0.1, 0.15) is 12.8 Å². The van der Waals surface area contributed by atoms with Gasteiger partial charge in [0.15, 0.2) is 0 Å². The van der Waals surface area contributed by atoms with Gasteiger partial charge in [-0.15, -0.1) is 0 Å². The van der Waals surface area contributed by atoms with Crippen LogP contribution in [-0.4, -0.2) is 30.5 Å². The average Bonchev–Trinajstić information content (AvgIpc) is 3.11. The molecule has 2 nitrogen and oxygen atoms in total. The predicted molar refractivity (Wildman–Crippen MR) is 83.6 cm³/mol. The summed E-state index contributed by atoms with van der Waals surface area (Å²) in [7, 11) is 0. The monoisotopic (exact) mass is 264 g/mol. The van der Waals surface area contributed by atoms with Gasteiger partial charge in [0, 0.05) is 6.61 Å². The third-order valence-corrected chi connectivity index (χ3v) is 4.92. The van der Waals surface area contributed by atoms with E-state index in [0.717, 1.165) is 13.2 Å². The predicted octanol–water partition coefficient (Wildman–Crippen LogP) is 1.74. The van der Waals surface area contributed by atoms with Crippen molar-refractivity contribution in [1.82, 2.24) is 4.81 Å². The molecule has 20 heavy (non-hydrogen) atoms. The Morgan fingerprint density at radius 1 is 0.900 bits per heavy atom. The van der Waals surface area contributed by atoms with E-state index in [9.17, 15) is 0 Å². The van der Waals surface area contributed by atoms with E-state index in [-0.39, 0.29) is 0 Å². The zero-order valence-corrected chi connectivity index (χ0v) is 11.6. The Balaban J connectivity index is 1.90. The van der Waals surface area contributed by atoms with Crippen molar-refractivity contribution in [1.29, 1.82) is 0 Å². The molecular formula is C17H19BNO-. The Hall–Kier alpha value is -1.58. The first-order valence-corrected chi connectivity index (χ1v) is 7.57. The molecule has 0 bridgehead atoms. The van der Waals surface area contributed by atoms with Crippen LogP contribution in [0.15, 0.2) is 60.7 Å². The third kappa shape index (κ3) is 1.67. The van der Waals surface area contributed by atoms with Crippen LogP contribution in [0.4, 0.5) is 0 Å². The van der Waals surface area contributed by atoms with Crippen LogP contribution in [0, 0.1) is 0 Å². The minimum atomic E-state index is -1.19. The van der Waals surface area contributed by atoms with Crippen LogP contribution in [-0.2, 0) is 4.65 Å². The van der Waals surface area contributed by atoms with Crippen molar-refractivity contribution in [3.63, 3.8) is 0 Å². The second kappa shape index (κ2) is 4.76. The molecule has 1 atom stereocenters. The highest BCUT2D eigenvalue weighted by atomic mass is 16.5. The fraction of sp³-hybridized carbons (Fsp3) is 0.294. The molecule has 2 aromatic rings. The molecule has 0 amide bonds. The summed E-state index contributed by atoms with van der Waals surface area (Å²) in [4.78, 5) is 2.62. The molecule has 0 aliphatic carbocycles. The van der Waals surface area contributed by atoms with Gasteiger partial charge in [0.05, 0.1) is 0 Å². The van der Waals surface area contributed by atoms with Crippen LogP contribution in [0.25, 0.3) is 0 Å². The summed E-state index contributed by atoms with van der Waals surface area (Å²) in [5, 5.41) is 0. The molecule has 2 saturated heterocycles. The molecule has 2 aliphatic rings. The summed E-state index contributed by atoms with van der Waals surface area (Å²) < 4.78 is 6.47. The van der Waals surface area contributed by atoms with E-state index in [1.807, 2.05) is 0 Å². The molecule has 0 N–H and O–H groups in total. The number of rotatable bonds is 2. The fourth-order valence-electron chi connectivity index (χ4n) is 4.06. The van der Waals surface area contributed by atoms with Crippen LogP contribution in [0.5, 0.6) is 0 Å². The first kappa shape index (κ1) is 12.2. The molecule has 0 saturated carbocycles. The Kier molecular flexibility index (Phi) is 2.90. The minimum Gasteiger partial charge on any atom is -0.569 e. The summed E-state index contributed by atoms with van der Waals surface area (Å²) in [5.41, 5.74) is 2.62. The lowest BCUT2D eigenvalue weighted by Crippen LogP contribution is -2.68. The van der Waals surface area contributed by atoms with E-state index in [1.54, 1.807) is 0 Å². The lowest BCUT2D eigenvalue weighted by molar-refractivity contribution is 0.329. The molecule has 2 aliphatic heterocycles. The molecule has 2 fully saturated rings. The number of nitrogens with zero attached hydrogens (tertiary/aromatic N) is 1. The third-order valence-electron chi connectivity index (χ3n) is 4.92. The van der Waals surface area contributed by atoms with E-state index in [0.29, 0.717) is 6.04 Å². The molecule has 0 aromatic heterocycles. The number of hydrogen-bond acceptors (Lipinski definition) is 2. The van der Waals surface area contributed by atoms with E-state index >= 15 is 0 Å². The van der Waals surface area contributed by atoms with Gasteiger partial charge in [-0.05, 0) is 25.4 Å². The van der Waals surface area contributed by atoms with Gasteiger partial charge in [0.1, 0.15) is 0 Å². The average molecular weight is 264 g/mol. The van der Waals surface area contributed by atoms with Crippen molar-refractivity contribution in [2.24, 2.45) is 0 Å². The van der Waals surface area contributed by atoms with Gasteiger partial charge in [0.25, 0.3) is 0 Å².